The number of nitrogens with zero attached hydrogens (tertiary/aromatic N) is 3. The largest absolute Gasteiger partial charge is 0.342 e. The minimum absolute atomic E-state index is 0.0947. The monoisotopic (exact) mass is 439 g/mol. The number of hydrogen-bond donors (Lipinski definition) is 2. The lowest BCUT2D eigenvalue weighted by molar-refractivity contribution is -0.113. The normalized spacial score (nSPS) is 11.5. The first-order valence-electron chi connectivity index (χ1n) is 9.56. The number of benzene rings is 2. The molecule has 0 bridgehead atoms. The number of amides is 2. The Hall–Kier alpha value is -3.46. The van der Waals surface area contributed by atoms with Crippen LogP contribution >= 0.6 is 11.8 Å². The van der Waals surface area contributed by atoms with Crippen LogP contribution in [0.15, 0.2) is 72.4 Å². The van der Waals surface area contributed by atoms with Crippen LogP contribution in [0, 0.1) is 5.82 Å². The third-order valence-corrected chi connectivity index (χ3v) is 5.26. The van der Waals surface area contributed by atoms with Crippen LogP contribution in [-0.2, 0) is 11.3 Å². The van der Waals surface area contributed by atoms with Gasteiger partial charge in [-0.3, -0.25) is 9.59 Å². The van der Waals surface area contributed by atoms with Gasteiger partial charge in [-0.05, 0) is 43.3 Å². The number of aromatic nitrogens is 3. The molecular weight excluding hydrogens is 417 g/mol. The van der Waals surface area contributed by atoms with Crippen LogP contribution in [0.4, 0.5) is 10.1 Å². The first kappa shape index (κ1) is 22.2. The summed E-state index contributed by atoms with van der Waals surface area (Å²) in [6, 6.07) is 14.0. The van der Waals surface area contributed by atoms with Crippen LogP contribution in [0.1, 0.15) is 29.1 Å². The van der Waals surface area contributed by atoms with Crippen molar-refractivity contribution >= 4 is 29.3 Å². The molecule has 0 aliphatic rings. The summed E-state index contributed by atoms with van der Waals surface area (Å²) in [6.07, 6.45) is 1.70. The number of rotatable bonds is 9. The smallest absolute Gasteiger partial charge is 0.251 e. The molecule has 1 aromatic heterocycles. The van der Waals surface area contributed by atoms with E-state index >= 15 is 0 Å². The van der Waals surface area contributed by atoms with Gasteiger partial charge in [-0.25, -0.2) is 4.39 Å². The molecule has 3 rings (SSSR count). The van der Waals surface area contributed by atoms with Gasteiger partial charge in [0.05, 0.1) is 11.8 Å². The van der Waals surface area contributed by atoms with Gasteiger partial charge in [-0.15, -0.1) is 16.8 Å². The van der Waals surface area contributed by atoms with E-state index in [9.17, 15) is 14.0 Å². The maximum Gasteiger partial charge on any atom is 0.251 e. The van der Waals surface area contributed by atoms with E-state index in [1.165, 1.54) is 36.0 Å². The van der Waals surface area contributed by atoms with Gasteiger partial charge in [-0.2, -0.15) is 0 Å². The molecule has 3 aromatic rings. The van der Waals surface area contributed by atoms with Gasteiger partial charge in [0, 0.05) is 17.8 Å². The van der Waals surface area contributed by atoms with Crippen molar-refractivity contribution in [2.45, 2.75) is 24.7 Å². The molecule has 0 fully saturated rings. The molecule has 0 aliphatic carbocycles. The molecule has 160 valence electrons. The lowest BCUT2D eigenvalue weighted by atomic mass is 10.2. The zero-order valence-corrected chi connectivity index (χ0v) is 17.7. The maximum atomic E-state index is 13.0. The van der Waals surface area contributed by atoms with Gasteiger partial charge >= 0.3 is 0 Å². The first-order valence-corrected chi connectivity index (χ1v) is 10.5. The highest BCUT2D eigenvalue weighted by atomic mass is 32.2. The summed E-state index contributed by atoms with van der Waals surface area (Å²) in [7, 11) is 0. The van der Waals surface area contributed by atoms with Crippen LogP contribution in [0.2, 0.25) is 0 Å². The van der Waals surface area contributed by atoms with Crippen molar-refractivity contribution in [1.29, 1.82) is 0 Å². The Labute approximate surface area is 183 Å². The second kappa shape index (κ2) is 10.5. The lowest BCUT2D eigenvalue weighted by Crippen LogP contribution is -2.28. The van der Waals surface area contributed by atoms with Crippen molar-refractivity contribution in [3.05, 3.63) is 84.5 Å². The van der Waals surface area contributed by atoms with Crippen molar-refractivity contribution in [2.24, 2.45) is 0 Å². The van der Waals surface area contributed by atoms with Gasteiger partial charge in [0.25, 0.3) is 5.91 Å². The van der Waals surface area contributed by atoms with Crippen LogP contribution in [0.3, 0.4) is 0 Å². The molecule has 0 saturated carbocycles. The summed E-state index contributed by atoms with van der Waals surface area (Å²) < 4.78 is 14.8. The van der Waals surface area contributed by atoms with Gasteiger partial charge in [0.1, 0.15) is 5.82 Å². The van der Waals surface area contributed by atoms with E-state index in [1.807, 2.05) is 13.0 Å². The Morgan fingerprint density at radius 1 is 1.16 bits per heavy atom. The number of allylic oxidation sites excluding steroid dienone is 1. The van der Waals surface area contributed by atoms with E-state index in [0.29, 0.717) is 28.8 Å². The summed E-state index contributed by atoms with van der Waals surface area (Å²) in [4.78, 5) is 24.7. The summed E-state index contributed by atoms with van der Waals surface area (Å²) in [6.45, 7) is 6.01. The second-order valence-electron chi connectivity index (χ2n) is 6.64. The fraction of sp³-hybridized carbons (Fsp3) is 0.182. The minimum Gasteiger partial charge on any atom is -0.342 e. The molecule has 1 atom stereocenters. The van der Waals surface area contributed by atoms with Gasteiger partial charge in [0.2, 0.25) is 5.91 Å². The molecule has 2 aromatic carbocycles. The molecule has 1 heterocycles. The summed E-state index contributed by atoms with van der Waals surface area (Å²) in [5.74, 6) is -0.181. The highest BCUT2D eigenvalue weighted by Crippen LogP contribution is 2.21. The fourth-order valence-electron chi connectivity index (χ4n) is 2.82. The average Bonchev–Trinajstić information content (AvgIpc) is 3.17. The summed E-state index contributed by atoms with van der Waals surface area (Å²) in [5, 5.41) is 14.5. The van der Waals surface area contributed by atoms with Crippen molar-refractivity contribution in [1.82, 2.24) is 20.1 Å². The predicted octanol–water partition coefficient (Wildman–Crippen LogP) is 3.83. The maximum absolute atomic E-state index is 13.0. The van der Waals surface area contributed by atoms with Gasteiger partial charge in [-0.1, -0.05) is 36.0 Å². The zero-order chi connectivity index (χ0) is 22.2. The Morgan fingerprint density at radius 3 is 2.55 bits per heavy atom. The number of carbonyl (C=O) groups excluding carboxylic acids is 2. The number of halogens is 1. The summed E-state index contributed by atoms with van der Waals surface area (Å²) in [5.41, 5.74) is 1.06. The lowest BCUT2D eigenvalue weighted by Gasteiger charge is -2.15. The Kier molecular flexibility index (Phi) is 7.55. The highest BCUT2D eigenvalue weighted by molar-refractivity contribution is 7.99. The number of thioether (sulfide) groups is 1. The van der Waals surface area contributed by atoms with Crippen molar-refractivity contribution in [3.63, 3.8) is 0 Å². The molecule has 0 aliphatic heterocycles. The van der Waals surface area contributed by atoms with E-state index in [0.717, 1.165) is 0 Å². The third-order valence-electron chi connectivity index (χ3n) is 4.29. The standard InChI is InChI=1S/C22H22FN5O2S/c1-3-13-28-20(15(2)24-21(30)16-7-5-4-6-8-16)26-27-22(28)31-14-19(29)25-18-11-9-17(23)10-12-18/h3-12,15H,1,13-14H2,2H3,(H,24,30)(H,25,29)/t15-/m0/s1. The van der Waals surface area contributed by atoms with Crippen molar-refractivity contribution in [2.75, 3.05) is 11.1 Å². The zero-order valence-electron chi connectivity index (χ0n) is 16.9. The highest BCUT2D eigenvalue weighted by Gasteiger charge is 2.20. The fourth-order valence-corrected chi connectivity index (χ4v) is 3.58. The molecule has 31 heavy (non-hydrogen) atoms. The van der Waals surface area contributed by atoms with Gasteiger partial charge < -0.3 is 15.2 Å². The molecule has 0 radical (unpaired) electrons. The molecule has 7 nitrogen and oxygen atoms in total. The number of nitrogens with one attached hydrogen (secondary N) is 2. The molecule has 0 spiro atoms. The van der Waals surface area contributed by atoms with Crippen LogP contribution in [-0.4, -0.2) is 32.3 Å². The molecule has 2 amide bonds. The Balaban J connectivity index is 1.65. The van der Waals surface area contributed by atoms with Crippen LogP contribution in [0.25, 0.3) is 0 Å². The van der Waals surface area contributed by atoms with E-state index in [2.05, 4.69) is 27.4 Å². The first-order chi connectivity index (χ1) is 15.0. The van der Waals surface area contributed by atoms with Crippen molar-refractivity contribution < 1.29 is 14.0 Å². The van der Waals surface area contributed by atoms with Crippen LogP contribution < -0.4 is 10.6 Å². The third kappa shape index (κ3) is 6.02. The number of anilines is 1. The van der Waals surface area contributed by atoms with Crippen molar-refractivity contribution in [3.8, 4) is 0 Å². The molecule has 0 saturated heterocycles. The molecule has 9 heteroatoms. The molecular formula is C22H22FN5O2S. The predicted molar refractivity (Wildman–Crippen MR) is 118 cm³/mol. The van der Waals surface area contributed by atoms with Crippen LogP contribution in [0.5, 0.6) is 0 Å². The van der Waals surface area contributed by atoms with E-state index in [-0.39, 0.29) is 23.4 Å². The Morgan fingerprint density at radius 2 is 1.87 bits per heavy atom. The van der Waals surface area contributed by atoms with E-state index in [4.69, 9.17) is 0 Å². The van der Waals surface area contributed by atoms with Gasteiger partial charge in [0.15, 0.2) is 11.0 Å². The summed E-state index contributed by atoms with van der Waals surface area (Å²) >= 11 is 1.21. The number of hydrogen-bond acceptors (Lipinski definition) is 5. The molecule has 2 N–H and O–H groups in total. The van der Waals surface area contributed by atoms with E-state index in [1.54, 1.807) is 34.9 Å². The minimum atomic E-state index is -0.400. The quantitative estimate of drug-likeness (QED) is 0.391. The number of carbonyl (C=O) groups is 2. The second-order valence-corrected chi connectivity index (χ2v) is 7.59. The SMILES string of the molecule is C=CCn1c(SCC(=O)Nc2ccc(F)cc2)nnc1[C@H](C)NC(=O)c1ccccc1. The topological polar surface area (TPSA) is 88.9 Å². The molecule has 0 unspecified atom stereocenters. The Bertz CT molecular complexity index is 1050. The average molecular weight is 440 g/mol. The van der Waals surface area contributed by atoms with E-state index < -0.39 is 6.04 Å².